The van der Waals surface area contributed by atoms with Crippen molar-refractivity contribution in [2.75, 3.05) is 12.3 Å². The average molecular weight is 311 g/mol. The zero-order valence-corrected chi connectivity index (χ0v) is 12.7. The number of hydrogen-bond acceptors (Lipinski definition) is 5. The van der Waals surface area contributed by atoms with E-state index in [0.717, 1.165) is 5.56 Å². The maximum atomic E-state index is 12.2. The molecule has 2 aromatic carbocycles. The number of nitrogens with zero attached hydrogens (tertiary/aromatic N) is 1. The largest absolute Gasteiger partial charge is 0.485 e. The Balaban J connectivity index is 1.63. The molecule has 0 saturated carbocycles. The van der Waals surface area contributed by atoms with E-state index in [9.17, 15) is 4.79 Å². The first-order valence-electron chi connectivity index (χ1n) is 7.22. The molecule has 3 rings (SSSR count). The van der Waals surface area contributed by atoms with Crippen molar-refractivity contribution in [2.45, 2.75) is 13.0 Å². The summed E-state index contributed by atoms with van der Waals surface area (Å²) in [7, 11) is 0. The monoisotopic (exact) mass is 311 g/mol. The van der Waals surface area contributed by atoms with Crippen LogP contribution in [0.25, 0.3) is 0 Å². The fourth-order valence-corrected chi connectivity index (χ4v) is 2.15. The summed E-state index contributed by atoms with van der Waals surface area (Å²) < 4.78 is 11.1. The molecule has 3 N–H and O–H groups in total. The molecule has 0 radical (unpaired) electrons. The Hall–Kier alpha value is -3.02. The second kappa shape index (κ2) is 6.39. The van der Waals surface area contributed by atoms with Crippen LogP contribution in [-0.4, -0.2) is 24.3 Å². The Morgan fingerprint density at radius 3 is 2.61 bits per heavy atom. The van der Waals surface area contributed by atoms with E-state index in [2.05, 4.69) is 10.5 Å². The predicted molar refractivity (Wildman–Crippen MR) is 87.6 cm³/mol. The standard InChI is InChI=1S/C17H17N3O3/c1-11(12-6-8-13(18)9-7-12)19-20-17(21)16-10-22-14-4-2-3-5-15(14)23-16/h2-9,16H,10,18H2,1H3,(H,20,21)/b19-11+. The molecule has 0 aliphatic carbocycles. The van der Waals surface area contributed by atoms with Crippen LogP contribution in [0.1, 0.15) is 12.5 Å². The Morgan fingerprint density at radius 1 is 1.17 bits per heavy atom. The van der Waals surface area contributed by atoms with Crippen LogP contribution in [0.3, 0.4) is 0 Å². The van der Waals surface area contributed by atoms with Crippen LogP contribution >= 0.6 is 0 Å². The minimum atomic E-state index is -0.729. The highest BCUT2D eigenvalue weighted by Gasteiger charge is 2.27. The number of carbonyl (C=O) groups is 1. The van der Waals surface area contributed by atoms with Gasteiger partial charge in [-0.3, -0.25) is 4.79 Å². The molecule has 0 spiro atoms. The highest BCUT2D eigenvalue weighted by molar-refractivity contribution is 5.99. The number of anilines is 1. The second-order valence-electron chi connectivity index (χ2n) is 5.16. The lowest BCUT2D eigenvalue weighted by Crippen LogP contribution is -2.42. The van der Waals surface area contributed by atoms with Crippen LogP contribution in [0.2, 0.25) is 0 Å². The van der Waals surface area contributed by atoms with Crippen molar-refractivity contribution in [1.82, 2.24) is 5.43 Å². The zero-order valence-electron chi connectivity index (χ0n) is 12.7. The van der Waals surface area contributed by atoms with Gasteiger partial charge in [0, 0.05) is 5.69 Å². The number of carbonyl (C=O) groups excluding carboxylic acids is 1. The molecule has 118 valence electrons. The molecule has 1 amide bonds. The highest BCUT2D eigenvalue weighted by Crippen LogP contribution is 2.30. The number of rotatable bonds is 3. The lowest BCUT2D eigenvalue weighted by atomic mass is 10.1. The van der Waals surface area contributed by atoms with Crippen LogP contribution in [0.15, 0.2) is 53.6 Å². The molecule has 0 fully saturated rings. The zero-order chi connectivity index (χ0) is 16.2. The van der Waals surface area contributed by atoms with Gasteiger partial charge in [0.05, 0.1) is 5.71 Å². The molecule has 1 atom stereocenters. The van der Waals surface area contributed by atoms with Gasteiger partial charge in [-0.25, -0.2) is 5.43 Å². The van der Waals surface area contributed by atoms with Crippen LogP contribution < -0.4 is 20.6 Å². The Bertz CT molecular complexity index is 741. The van der Waals surface area contributed by atoms with Gasteiger partial charge in [-0.15, -0.1) is 0 Å². The predicted octanol–water partition coefficient (Wildman–Crippen LogP) is 1.95. The molecule has 6 heteroatoms. The first kappa shape index (κ1) is 14.9. The molecule has 23 heavy (non-hydrogen) atoms. The van der Waals surface area contributed by atoms with Gasteiger partial charge < -0.3 is 15.2 Å². The fraction of sp³-hybridized carbons (Fsp3) is 0.176. The third-order valence-corrected chi connectivity index (χ3v) is 3.46. The third kappa shape index (κ3) is 3.42. The molecule has 1 heterocycles. The van der Waals surface area contributed by atoms with Gasteiger partial charge >= 0.3 is 0 Å². The molecule has 6 nitrogen and oxygen atoms in total. The molecule has 0 saturated heterocycles. The summed E-state index contributed by atoms with van der Waals surface area (Å²) in [6, 6.07) is 14.5. The first-order valence-corrected chi connectivity index (χ1v) is 7.22. The molecule has 1 unspecified atom stereocenters. The minimum Gasteiger partial charge on any atom is -0.485 e. The summed E-state index contributed by atoms with van der Waals surface area (Å²) in [6.45, 7) is 1.96. The highest BCUT2D eigenvalue weighted by atomic mass is 16.6. The first-order chi connectivity index (χ1) is 11.1. The Kier molecular flexibility index (Phi) is 4.14. The van der Waals surface area contributed by atoms with Crippen molar-refractivity contribution >= 4 is 17.3 Å². The van der Waals surface area contributed by atoms with Crippen LogP contribution in [0, 0.1) is 0 Å². The van der Waals surface area contributed by atoms with Gasteiger partial charge in [0.25, 0.3) is 5.91 Å². The average Bonchev–Trinajstić information content (AvgIpc) is 2.59. The fourth-order valence-electron chi connectivity index (χ4n) is 2.15. The molecular weight excluding hydrogens is 294 g/mol. The van der Waals surface area contributed by atoms with E-state index >= 15 is 0 Å². The van der Waals surface area contributed by atoms with Crippen molar-refractivity contribution in [2.24, 2.45) is 5.10 Å². The normalized spacial score (nSPS) is 16.7. The van der Waals surface area contributed by atoms with E-state index in [1.54, 1.807) is 31.2 Å². The molecule has 2 aromatic rings. The van der Waals surface area contributed by atoms with E-state index in [0.29, 0.717) is 22.9 Å². The second-order valence-corrected chi connectivity index (χ2v) is 5.16. The van der Waals surface area contributed by atoms with Crippen LogP contribution in [-0.2, 0) is 4.79 Å². The minimum absolute atomic E-state index is 0.152. The number of hydrazone groups is 1. The third-order valence-electron chi connectivity index (χ3n) is 3.46. The smallest absolute Gasteiger partial charge is 0.284 e. The number of amides is 1. The molecule has 1 aliphatic heterocycles. The van der Waals surface area contributed by atoms with Crippen LogP contribution in [0.5, 0.6) is 11.5 Å². The van der Waals surface area contributed by atoms with Gasteiger partial charge in [0.2, 0.25) is 6.10 Å². The number of fused-ring (bicyclic) bond motifs is 1. The maximum absolute atomic E-state index is 12.2. The lowest BCUT2D eigenvalue weighted by molar-refractivity contribution is -0.130. The summed E-state index contributed by atoms with van der Waals surface area (Å²) in [4.78, 5) is 12.2. The molecule has 1 aliphatic rings. The number of nitrogens with two attached hydrogens (primary N) is 1. The molecular formula is C17H17N3O3. The number of para-hydroxylation sites is 2. The SMILES string of the molecule is C/C(=N\NC(=O)C1COc2ccccc2O1)c1ccc(N)cc1. The van der Waals surface area contributed by atoms with Crippen molar-refractivity contribution in [3.05, 3.63) is 54.1 Å². The number of ether oxygens (including phenoxy) is 2. The Morgan fingerprint density at radius 2 is 1.87 bits per heavy atom. The van der Waals surface area contributed by atoms with Crippen molar-refractivity contribution in [1.29, 1.82) is 0 Å². The summed E-state index contributed by atoms with van der Waals surface area (Å²) in [5.41, 5.74) is 10.4. The summed E-state index contributed by atoms with van der Waals surface area (Å²) >= 11 is 0. The van der Waals surface area contributed by atoms with Crippen LogP contribution in [0.4, 0.5) is 5.69 Å². The Labute approximate surface area is 133 Å². The van der Waals surface area contributed by atoms with E-state index in [-0.39, 0.29) is 12.5 Å². The molecule has 0 aromatic heterocycles. The van der Waals surface area contributed by atoms with Gasteiger partial charge in [-0.1, -0.05) is 24.3 Å². The number of hydrogen-bond donors (Lipinski definition) is 2. The quantitative estimate of drug-likeness (QED) is 0.515. The van der Waals surface area contributed by atoms with E-state index in [4.69, 9.17) is 15.2 Å². The van der Waals surface area contributed by atoms with E-state index < -0.39 is 6.10 Å². The maximum Gasteiger partial charge on any atom is 0.284 e. The number of nitrogen functional groups attached to an aromatic ring is 1. The number of nitrogens with one attached hydrogen (secondary N) is 1. The van der Waals surface area contributed by atoms with Gasteiger partial charge in [-0.2, -0.15) is 5.10 Å². The topological polar surface area (TPSA) is 85.9 Å². The summed E-state index contributed by atoms with van der Waals surface area (Å²) in [5.74, 6) is 0.838. The number of benzene rings is 2. The van der Waals surface area contributed by atoms with E-state index in [1.165, 1.54) is 0 Å². The summed E-state index contributed by atoms with van der Waals surface area (Å²) in [6.07, 6.45) is -0.729. The van der Waals surface area contributed by atoms with Crippen molar-refractivity contribution < 1.29 is 14.3 Å². The lowest BCUT2D eigenvalue weighted by Gasteiger charge is -2.24. The van der Waals surface area contributed by atoms with Gasteiger partial charge in [0.15, 0.2) is 11.5 Å². The van der Waals surface area contributed by atoms with E-state index in [1.807, 2.05) is 24.3 Å². The van der Waals surface area contributed by atoms with Crippen molar-refractivity contribution in [3.63, 3.8) is 0 Å². The van der Waals surface area contributed by atoms with Gasteiger partial charge in [0.1, 0.15) is 6.61 Å². The molecule has 0 bridgehead atoms. The van der Waals surface area contributed by atoms with Gasteiger partial charge in [-0.05, 0) is 36.8 Å². The summed E-state index contributed by atoms with van der Waals surface area (Å²) in [5, 5.41) is 4.10. The van der Waals surface area contributed by atoms with Crippen molar-refractivity contribution in [3.8, 4) is 11.5 Å².